The molecular formula is C32H36O6. The van der Waals surface area contributed by atoms with Crippen molar-refractivity contribution in [2.75, 3.05) is 13.2 Å². The summed E-state index contributed by atoms with van der Waals surface area (Å²) in [5.41, 5.74) is 7.50. The quantitative estimate of drug-likeness (QED) is 0.336. The number of carboxylic acid groups (broad SMARTS) is 1. The predicted octanol–water partition coefficient (Wildman–Crippen LogP) is 6.53. The zero-order chi connectivity index (χ0) is 27.0. The van der Waals surface area contributed by atoms with Crippen molar-refractivity contribution < 1.29 is 29.2 Å². The van der Waals surface area contributed by atoms with Crippen LogP contribution in [0.25, 0.3) is 11.1 Å². The predicted molar refractivity (Wildman–Crippen MR) is 146 cm³/mol. The van der Waals surface area contributed by atoms with E-state index in [1.54, 1.807) is 13.8 Å². The molecule has 2 N–H and O–H groups in total. The summed E-state index contributed by atoms with van der Waals surface area (Å²) in [5.74, 6) is 1.35. The van der Waals surface area contributed by atoms with E-state index < -0.39 is 11.6 Å². The number of aliphatic carboxylic acids is 1. The molecule has 0 saturated heterocycles. The number of carboxylic acids is 1. The van der Waals surface area contributed by atoms with Gasteiger partial charge in [0.05, 0.1) is 25.2 Å². The maximum Gasteiger partial charge on any atom is 0.304 e. The molecular weight excluding hydrogens is 480 g/mol. The Labute approximate surface area is 224 Å². The van der Waals surface area contributed by atoms with E-state index in [0.717, 1.165) is 46.8 Å². The number of aliphatic hydroxyl groups is 1. The highest BCUT2D eigenvalue weighted by Crippen LogP contribution is 2.44. The van der Waals surface area contributed by atoms with Crippen LogP contribution >= 0.6 is 0 Å². The van der Waals surface area contributed by atoms with Gasteiger partial charge in [-0.25, -0.2) is 0 Å². The highest BCUT2D eigenvalue weighted by Gasteiger charge is 2.30. The van der Waals surface area contributed by atoms with E-state index >= 15 is 0 Å². The second-order valence-electron chi connectivity index (χ2n) is 11.2. The Hall–Kier alpha value is -3.51. The van der Waals surface area contributed by atoms with Crippen LogP contribution < -0.4 is 14.2 Å². The van der Waals surface area contributed by atoms with Gasteiger partial charge in [-0.05, 0) is 92.1 Å². The van der Waals surface area contributed by atoms with Gasteiger partial charge in [-0.3, -0.25) is 4.79 Å². The Morgan fingerprint density at radius 2 is 1.82 bits per heavy atom. The maximum atomic E-state index is 11.1. The van der Waals surface area contributed by atoms with Gasteiger partial charge in [-0.15, -0.1) is 0 Å². The van der Waals surface area contributed by atoms with E-state index in [0.29, 0.717) is 19.6 Å². The third kappa shape index (κ3) is 5.51. The minimum Gasteiger partial charge on any atom is -0.493 e. The summed E-state index contributed by atoms with van der Waals surface area (Å²) in [6, 6.07) is 16.4. The summed E-state index contributed by atoms with van der Waals surface area (Å²) >= 11 is 0. The molecule has 2 unspecified atom stereocenters. The number of rotatable bonds is 9. The second-order valence-corrected chi connectivity index (χ2v) is 11.2. The fraction of sp³-hybridized carbons (Fsp3) is 0.406. The second kappa shape index (κ2) is 10.3. The van der Waals surface area contributed by atoms with Gasteiger partial charge in [-0.1, -0.05) is 24.3 Å². The van der Waals surface area contributed by atoms with E-state index in [-0.39, 0.29) is 18.4 Å². The van der Waals surface area contributed by atoms with Crippen molar-refractivity contribution in [3.8, 4) is 28.4 Å². The first-order valence-electron chi connectivity index (χ1n) is 13.3. The molecule has 6 nitrogen and oxygen atoms in total. The van der Waals surface area contributed by atoms with Gasteiger partial charge in [0.1, 0.15) is 23.4 Å². The van der Waals surface area contributed by atoms with Crippen molar-refractivity contribution in [2.45, 2.75) is 71.0 Å². The van der Waals surface area contributed by atoms with Crippen LogP contribution in [-0.2, 0) is 11.2 Å². The van der Waals surface area contributed by atoms with Crippen LogP contribution in [0, 0.1) is 13.8 Å². The minimum atomic E-state index is -0.816. The van der Waals surface area contributed by atoms with Gasteiger partial charge in [-0.2, -0.15) is 0 Å². The molecule has 200 valence electrons. The largest absolute Gasteiger partial charge is 0.493 e. The zero-order valence-corrected chi connectivity index (χ0v) is 22.5. The number of aryl methyl sites for hydroxylation is 2. The molecule has 0 radical (unpaired) electrons. The molecule has 3 aromatic rings. The fourth-order valence-corrected chi connectivity index (χ4v) is 5.70. The van der Waals surface area contributed by atoms with Crippen LogP contribution in [0.3, 0.4) is 0 Å². The first-order chi connectivity index (χ1) is 18.1. The molecule has 0 saturated carbocycles. The normalized spacial score (nSPS) is 18.0. The van der Waals surface area contributed by atoms with Crippen molar-refractivity contribution in [3.05, 3.63) is 76.3 Å². The Bertz CT molecular complexity index is 1330. The van der Waals surface area contributed by atoms with E-state index in [1.807, 2.05) is 18.2 Å². The molecule has 6 heteroatoms. The molecule has 3 aromatic carbocycles. The van der Waals surface area contributed by atoms with Gasteiger partial charge < -0.3 is 24.4 Å². The van der Waals surface area contributed by atoms with Crippen molar-refractivity contribution in [1.82, 2.24) is 0 Å². The lowest BCUT2D eigenvalue weighted by Gasteiger charge is -2.20. The smallest absolute Gasteiger partial charge is 0.304 e. The molecule has 0 bridgehead atoms. The molecule has 2 atom stereocenters. The molecule has 1 aliphatic carbocycles. The Kier molecular flexibility index (Phi) is 7.10. The standard InChI is InChI=1S/C32H36O6/c1-19-14-23(36-13-12-32(3,4)35)15-20(2)31(19)27-7-5-6-26-25(27)10-11-28(26)38-22-8-9-24-21(16-30(33)34)18-37-29(24)17-22/h5-9,14-15,17,21,28,35H,10-13,16,18H2,1-4H3,(H,33,34). The summed E-state index contributed by atoms with van der Waals surface area (Å²) < 4.78 is 18.2. The number of fused-ring (bicyclic) bond motifs is 2. The summed E-state index contributed by atoms with van der Waals surface area (Å²) in [6.07, 6.45) is 2.41. The molecule has 0 amide bonds. The Morgan fingerprint density at radius 1 is 1.05 bits per heavy atom. The molecule has 1 heterocycles. The van der Waals surface area contributed by atoms with Crippen LogP contribution in [-0.4, -0.2) is 35.0 Å². The maximum absolute atomic E-state index is 11.1. The number of ether oxygens (including phenoxy) is 3. The summed E-state index contributed by atoms with van der Waals surface area (Å²) in [5, 5.41) is 19.1. The minimum absolute atomic E-state index is 0.0516. The summed E-state index contributed by atoms with van der Waals surface area (Å²) in [7, 11) is 0. The average Bonchev–Trinajstić information content (AvgIpc) is 3.42. The number of hydrogen-bond donors (Lipinski definition) is 2. The van der Waals surface area contributed by atoms with Gasteiger partial charge in [0, 0.05) is 24.0 Å². The molecule has 1 aliphatic heterocycles. The average molecular weight is 517 g/mol. The molecule has 38 heavy (non-hydrogen) atoms. The molecule has 0 fully saturated rings. The van der Waals surface area contributed by atoms with E-state index in [2.05, 4.69) is 44.2 Å². The number of benzene rings is 3. The molecule has 0 aromatic heterocycles. The monoisotopic (exact) mass is 516 g/mol. The molecule has 0 spiro atoms. The Balaban J connectivity index is 1.35. The first-order valence-corrected chi connectivity index (χ1v) is 13.3. The van der Waals surface area contributed by atoms with Crippen molar-refractivity contribution >= 4 is 5.97 Å². The third-order valence-electron chi connectivity index (χ3n) is 7.54. The van der Waals surface area contributed by atoms with Crippen LogP contribution in [0.2, 0.25) is 0 Å². The van der Waals surface area contributed by atoms with Gasteiger partial charge >= 0.3 is 5.97 Å². The van der Waals surface area contributed by atoms with Crippen molar-refractivity contribution in [3.63, 3.8) is 0 Å². The third-order valence-corrected chi connectivity index (χ3v) is 7.54. The van der Waals surface area contributed by atoms with E-state index in [1.165, 1.54) is 22.3 Å². The van der Waals surface area contributed by atoms with Crippen LogP contribution in [0.4, 0.5) is 0 Å². The van der Waals surface area contributed by atoms with E-state index in [9.17, 15) is 9.90 Å². The van der Waals surface area contributed by atoms with Crippen LogP contribution in [0.15, 0.2) is 48.5 Å². The number of carbonyl (C=O) groups is 1. The number of hydrogen-bond acceptors (Lipinski definition) is 5. The van der Waals surface area contributed by atoms with Gasteiger partial charge in [0.25, 0.3) is 0 Å². The van der Waals surface area contributed by atoms with Crippen molar-refractivity contribution in [2.24, 2.45) is 0 Å². The lowest BCUT2D eigenvalue weighted by molar-refractivity contribution is -0.137. The zero-order valence-electron chi connectivity index (χ0n) is 22.5. The van der Waals surface area contributed by atoms with Gasteiger partial charge in [0.2, 0.25) is 0 Å². The first kappa shape index (κ1) is 26.1. The highest BCUT2D eigenvalue weighted by molar-refractivity contribution is 5.76. The topological polar surface area (TPSA) is 85.2 Å². The van der Waals surface area contributed by atoms with Crippen LogP contribution in [0.1, 0.15) is 72.9 Å². The summed E-state index contributed by atoms with van der Waals surface area (Å²) in [4.78, 5) is 11.1. The fourth-order valence-electron chi connectivity index (χ4n) is 5.70. The highest BCUT2D eigenvalue weighted by atomic mass is 16.5. The molecule has 5 rings (SSSR count). The van der Waals surface area contributed by atoms with Crippen molar-refractivity contribution in [1.29, 1.82) is 0 Å². The Morgan fingerprint density at radius 3 is 2.53 bits per heavy atom. The SMILES string of the molecule is Cc1cc(OCCC(C)(C)O)cc(C)c1-c1cccc2c1CCC2Oc1ccc2c(c1)OCC2CC(=O)O. The summed E-state index contributed by atoms with van der Waals surface area (Å²) in [6.45, 7) is 8.68. The van der Waals surface area contributed by atoms with Gasteiger partial charge in [0.15, 0.2) is 0 Å². The lowest BCUT2D eigenvalue weighted by atomic mass is 9.90. The van der Waals surface area contributed by atoms with E-state index in [4.69, 9.17) is 19.3 Å². The molecule has 2 aliphatic rings. The lowest BCUT2D eigenvalue weighted by Crippen LogP contribution is -2.21. The van der Waals surface area contributed by atoms with Crippen LogP contribution in [0.5, 0.6) is 17.2 Å².